The molecule has 0 aromatic rings. The molecule has 9 unspecified atom stereocenters. The molecule has 55 heavy (non-hydrogen) atoms. The predicted octanol–water partition coefficient (Wildman–Crippen LogP) is 6.67. The van der Waals surface area contributed by atoms with E-state index in [0.717, 1.165) is 77.0 Å². The van der Waals surface area contributed by atoms with Crippen molar-refractivity contribution < 1.29 is 50.0 Å². The second-order valence-corrected chi connectivity index (χ2v) is 15.8. The molecular formula is C44H83NO10. The van der Waals surface area contributed by atoms with Crippen LogP contribution in [0, 0.1) is 0 Å². The van der Waals surface area contributed by atoms with Crippen molar-refractivity contribution in [2.45, 2.75) is 236 Å². The van der Waals surface area contributed by atoms with E-state index in [0.29, 0.717) is 19.3 Å². The maximum Gasteiger partial charge on any atom is 0.249 e. The lowest BCUT2D eigenvalue weighted by Gasteiger charge is -2.40. The number of unbranched alkanes of at least 4 members (excludes halogenated alkanes) is 20. The van der Waals surface area contributed by atoms with Gasteiger partial charge in [0, 0.05) is 0 Å². The van der Waals surface area contributed by atoms with Crippen LogP contribution in [0.1, 0.15) is 181 Å². The molecule has 11 heteroatoms. The van der Waals surface area contributed by atoms with Crippen LogP contribution in [-0.4, -0.2) is 110 Å². The van der Waals surface area contributed by atoms with Crippen molar-refractivity contribution in [2.75, 3.05) is 13.2 Å². The Labute approximate surface area is 334 Å². The number of aliphatic hydroxyl groups excluding tert-OH is 7. The van der Waals surface area contributed by atoms with Crippen molar-refractivity contribution in [3.8, 4) is 0 Å². The van der Waals surface area contributed by atoms with Crippen LogP contribution >= 0.6 is 0 Å². The highest BCUT2D eigenvalue weighted by Gasteiger charge is 2.44. The lowest BCUT2D eigenvalue weighted by molar-refractivity contribution is -0.303. The fourth-order valence-corrected chi connectivity index (χ4v) is 7.00. The van der Waals surface area contributed by atoms with Crippen molar-refractivity contribution in [2.24, 2.45) is 0 Å². The molecule has 0 bridgehead atoms. The molecule has 1 saturated heterocycles. The molecule has 1 aliphatic heterocycles. The Balaban J connectivity index is 2.35. The van der Waals surface area contributed by atoms with Crippen LogP contribution in [0.3, 0.4) is 0 Å². The molecule has 9 atom stereocenters. The summed E-state index contributed by atoms with van der Waals surface area (Å²) in [4.78, 5) is 13.0. The standard InChI is InChI=1S/C44H83NO10/c1-3-5-7-9-11-12-13-14-15-16-17-18-19-20-21-22-23-24-25-26-28-30-32-37(48)43(53)45-35(39(49)36(47)31-29-27-10-8-6-4-2)34-54-44-42(52)41(51)40(50)38(33-46)55-44/h17-18,20-21,35-42,44,46-52H,3-16,19,22-34H2,1-2H3,(H,45,53)/b18-17-,21-20-. The lowest BCUT2D eigenvalue weighted by atomic mass is 9.98. The molecule has 1 aliphatic rings. The number of hydrogen-bond donors (Lipinski definition) is 8. The number of hydrogen-bond acceptors (Lipinski definition) is 10. The number of nitrogens with one attached hydrogen (secondary N) is 1. The van der Waals surface area contributed by atoms with Gasteiger partial charge in [-0.15, -0.1) is 0 Å². The van der Waals surface area contributed by atoms with E-state index >= 15 is 0 Å². The largest absolute Gasteiger partial charge is 0.394 e. The molecule has 0 spiro atoms. The third-order valence-electron chi connectivity index (χ3n) is 10.8. The highest BCUT2D eigenvalue weighted by molar-refractivity contribution is 5.80. The van der Waals surface area contributed by atoms with Gasteiger partial charge in [-0.05, 0) is 44.9 Å². The fraction of sp³-hybridized carbons (Fsp3) is 0.886. The maximum atomic E-state index is 13.0. The van der Waals surface area contributed by atoms with Crippen molar-refractivity contribution in [1.29, 1.82) is 0 Å². The van der Waals surface area contributed by atoms with Crippen LogP contribution in [0.25, 0.3) is 0 Å². The smallest absolute Gasteiger partial charge is 0.249 e. The predicted molar refractivity (Wildman–Crippen MR) is 219 cm³/mol. The minimum atomic E-state index is -1.66. The number of carbonyl (C=O) groups excluding carboxylic acids is 1. The molecule has 8 N–H and O–H groups in total. The monoisotopic (exact) mass is 786 g/mol. The van der Waals surface area contributed by atoms with E-state index in [2.05, 4.69) is 43.5 Å². The molecule has 1 heterocycles. The minimum Gasteiger partial charge on any atom is -0.394 e. The molecule has 0 aliphatic carbocycles. The van der Waals surface area contributed by atoms with Crippen LogP contribution in [0.4, 0.5) is 0 Å². The summed E-state index contributed by atoms with van der Waals surface area (Å²) in [5.74, 6) is -0.710. The van der Waals surface area contributed by atoms with Crippen LogP contribution in [-0.2, 0) is 14.3 Å². The van der Waals surface area contributed by atoms with E-state index < -0.39 is 74.2 Å². The molecule has 0 aromatic heterocycles. The molecule has 324 valence electrons. The van der Waals surface area contributed by atoms with Crippen LogP contribution < -0.4 is 5.32 Å². The summed E-state index contributed by atoms with van der Waals surface area (Å²) in [6, 6.07) is -1.17. The number of ether oxygens (including phenoxy) is 2. The summed E-state index contributed by atoms with van der Waals surface area (Å²) in [5.41, 5.74) is 0. The maximum absolute atomic E-state index is 13.0. The molecule has 1 rings (SSSR count). The third-order valence-corrected chi connectivity index (χ3v) is 10.8. The summed E-state index contributed by atoms with van der Waals surface area (Å²) >= 11 is 0. The van der Waals surface area contributed by atoms with E-state index in [1.807, 2.05) is 0 Å². The van der Waals surface area contributed by atoms with Gasteiger partial charge in [0.2, 0.25) is 5.91 Å². The summed E-state index contributed by atoms with van der Waals surface area (Å²) < 4.78 is 11.0. The van der Waals surface area contributed by atoms with Crippen molar-refractivity contribution in [1.82, 2.24) is 5.32 Å². The summed E-state index contributed by atoms with van der Waals surface area (Å²) in [6.07, 6.45) is 25.6. The third kappa shape index (κ3) is 24.9. The molecule has 11 nitrogen and oxygen atoms in total. The summed E-state index contributed by atoms with van der Waals surface area (Å²) in [7, 11) is 0. The van der Waals surface area contributed by atoms with Gasteiger partial charge in [-0.1, -0.05) is 160 Å². The summed E-state index contributed by atoms with van der Waals surface area (Å²) in [6.45, 7) is 3.34. The Morgan fingerprint density at radius 2 is 1.11 bits per heavy atom. The van der Waals surface area contributed by atoms with Gasteiger partial charge >= 0.3 is 0 Å². The Morgan fingerprint density at radius 3 is 1.62 bits per heavy atom. The van der Waals surface area contributed by atoms with Gasteiger partial charge in [0.05, 0.1) is 25.4 Å². The van der Waals surface area contributed by atoms with Crippen molar-refractivity contribution in [3.63, 3.8) is 0 Å². The molecule has 0 radical (unpaired) electrons. The molecule has 1 fully saturated rings. The second-order valence-electron chi connectivity index (χ2n) is 15.8. The fourth-order valence-electron chi connectivity index (χ4n) is 7.00. The Kier molecular flexibility index (Phi) is 32.5. The summed E-state index contributed by atoms with van der Waals surface area (Å²) in [5, 5.41) is 75.1. The van der Waals surface area contributed by atoms with E-state index in [4.69, 9.17) is 9.47 Å². The van der Waals surface area contributed by atoms with Crippen LogP contribution in [0.15, 0.2) is 24.3 Å². The van der Waals surface area contributed by atoms with Gasteiger partial charge < -0.3 is 50.5 Å². The highest BCUT2D eigenvalue weighted by atomic mass is 16.7. The molecule has 1 amide bonds. The number of aliphatic hydroxyl groups is 7. The first-order valence-electron chi connectivity index (χ1n) is 22.2. The van der Waals surface area contributed by atoms with Gasteiger partial charge in [-0.2, -0.15) is 0 Å². The average molecular weight is 786 g/mol. The van der Waals surface area contributed by atoms with E-state index in [9.17, 15) is 40.5 Å². The van der Waals surface area contributed by atoms with Gasteiger partial charge in [-0.25, -0.2) is 0 Å². The topological polar surface area (TPSA) is 189 Å². The normalized spacial score (nSPS) is 22.7. The first kappa shape index (κ1) is 51.6. The quantitative estimate of drug-likeness (QED) is 0.0252. The first-order chi connectivity index (χ1) is 26.7. The van der Waals surface area contributed by atoms with E-state index in [-0.39, 0.29) is 6.42 Å². The van der Waals surface area contributed by atoms with Gasteiger partial charge in [0.1, 0.15) is 36.6 Å². The average Bonchev–Trinajstić information content (AvgIpc) is 3.18. The number of carbonyl (C=O) groups is 1. The highest BCUT2D eigenvalue weighted by Crippen LogP contribution is 2.23. The first-order valence-corrected chi connectivity index (χ1v) is 22.2. The van der Waals surface area contributed by atoms with Gasteiger partial charge in [-0.3, -0.25) is 4.79 Å². The SMILES string of the molecule is CCCCCCCCCCC/C=C\C/C=C\CCCCCCCCC(O)C(=O)NC(COC1OC(CO)C(O)C(O)C1O)C(O)C(O)CCCCCCCC. The molecule has 0 saturated carbocycles. The number of rotatable bonds is 36. The molecular weight excluding hydrogens is 702 g/mol. The lowest BCUT2D eigenvalue weighted by Crippen LogP contribution is -2.60. The van der Waals surface area contributed by atoms with Crippen LogP contribution in [0.5, 0.6) is 0 Å². The van der Waals surface area contributed by atoms with E-state index in [1.165, 1.54) is 64.2 Å². The zero-order valence-electron chi connectivity index (χ0n) is 34.7. The number of allylic oxidation sites excluding steroid dienone is 4. The zero-order chi connectivity index (χ0) is 40.5. The van der Waals surface area contributed by atoms with Crippen molar-refractivity contribution >= 4 is 5.91 Å². The van der Waals surface area contributed by atoms with Gasteiger partial charge in [0.15, 0.2) is 6.29 Å². The van der Waals surface area contributed by atoms with Crippen LogP contribution in [0.2, 0.25) is 0 Å². The Hall–Kier alpha value is -1.41. The Bertz CT molecular complexity index is 950. The second kappa shape index (κ2) is 34.6. The van der Waals surface area contributed by atoms with Crippen molar-refractivity contribution in [3.05, 3.63) is 24.3 Å². The minimum absolute atomic E-state index is 0.248. The number of amides is 1. The zero-order valence-corrected chi connectivity index (χ0v) is 34.7. The Morgan fingerprint density at radius 1 is 0.636 bits per heavy atom. The van der Waals surface area contributed by atoms with E-state index in [1.54, 1.807) is 0 Å². The van der Waals surface area contributed by atoms with Gasteiger partial charge in [0.25, 0.3) is 0 Å². The molecule has 0 aromatic carbocycles.